The van der Waals surface area contributed by atoms with Crippen LogP contribution >= 0.6 is 11.6 Å². The molecule has 17 heavy (non-hydrogen) atoms. The molecular weight excluding hydrogens is 232 g/mol. The fourth-order valence-corrected chi connectivity index (χ4v) is 3.22. The monoisotopic (exact) mass is 252 g/mol. The predicted octanol–water partition coefficient (Wildman–Crippen LogP) is 4.52. The lowest BCUT2D eigenvalue weighted by Gasteiger charge is -2.28. The van der Waals surface area contributed by atoms with E-state index in [1.54, 1.807) is 0 Å². The van der Waals surface area contributed by atoms with E-state index in [-0.39, 0.29) is 0 Å². The third kappa shape index (κ3) is 2.83. The van der Waals surface area contributed by atoms with Crippen molar-refractivity contribution < 1.29 is 5.11 Å². The molecule has 1 N–H and O–H groups in total. The molecule has 0 aliphatic heterocycles. The van der Waals surface area contributed by atoms with E-state index in [0.29, 0.717) is 5.02 Å². The van der Waals surface area contributed by atoms with E-state index < -0.39 is 5.60 Å². The van der Waals surface area contributed by atoms with Crippen LogP contribution in [0.3, 0.4) is 0 Å². The van der Waals surface area contributed by atoms with Crippen LogP contribution in [0.1, 0.15) is 51.0 Å². The van der Waals surface area contributed by atoms with Crippen LogP contribution in [-0.4, -0.2) is 5.11 Å². The molecule has 2 atom stereocenters. The van der Waals surface area contributed by atoms with Gasteiger partial charge >= 0.3 is 0 Å². The maximum Gasteiger partial charge on any atom is 0.0911 e. The maximum absolute atomic E-state index is 10.8. The second-order valence-corrected chi connectivity index (χ2v) is 5.62. The second kappa shape index (κ2) is 5.41. The van der Waals surface area contributed by atoms with E-state index in [2.05, 4.69) is 6.92 Å². The average molecular weight is 253 g/mol. The van der Waals surface area contributed by atoms with E-state index in [1.165, 1.54) is 12.8 Å². The average Bonchev–Trinajstić information content (AvgIpc) is 2.52. The summed E-state index contributed by atoms with van der Waals surface area (Å²) in [5.41, 5.74) is 0.209. The van der Waals surface area contributed by atoms with Crippen LogP contribution in [-0.2, 0) is 5.60 Å². The lowest BCUT2D eigenvalue weighted by Crippen LogP contribution is -2.25. The molecule has 1 aliphatic carbocycles. The standard InChI is InChI=1S/C15H21ClO/c1-2-12-6-5-10-15(17,11-9-12)13-7-3-4-8-14(13)16/h3-4,7-8,12,17H,2,5-6,9-11H2,1H3. The summed E-state index contributed by atoms with van der Waals surface area (Å²) in [5, 5.41) is 11.5. The predicted molar refractivity (Wildman–Crippen MR) is 72.2 cm³/mol. The van der Waals surface area contributed by atoms with Gasteiger partial charge in [-0.1, -0.05) is 49.6 Å². The molecule has 2 rings (SSSR count). The summed E-state index contributed by atoms with van der Waals surface area (Å²) in [4.78, 5) is 0. The molecule has 94 valence electrons. The summed E-state index contributed by atoms with van der Waals surface area (Å²) in [6.07, 6.45) is 6.35. The normalized spacial score (nSPS) is 29.9. The highest BCUT2D eigenvalue weighted by molar-refractivity contribution is 6.31. The topological polar surface area (TPSA) is 20.2 Å². The van der Waals surface area contributed by atoms with E-state index in [1.807, 2.05) is 24.3 Å². The highest BCUT2D eigenvalue weighted by Gasteiger charge is 2.33. The molecule has 1 saturated carbocycles. The number of rotatable bonds is 2. The molecule has 1 aromatic carbocycles. The Hall–Kier alpha value is -0.530. The highest BCUT2D eigenvalue weighted by atomic mass is 35.5. The van der Waals surface area contributed by atoms with Gasteiger partial charge in [0.05, 0.1) is 5.60 Å². The minimum Gasteiger partial charge on any atom is -0.385 e. The smallest absolute Gasteiger partial charge is 0.0911 e. The molecule has 0 saturated heterocycles. The fraction of sp³-hybridized carbons (Fsp3) is 0.600. The molecule has 1 nitrogen and oxygen atoms in total. The molecular formula is C15H21ClO. The lowest BCUT2D eigenvalue weighted by molar-refractivity contribution is 0.0197. The molecule has 2 heteroatoms. The van der Waals surface area contributed by atoms with Crippen molar-refractivity contribution in [2.45, 2.75) is 51.0 Å². The third-order valence-corrected chi connectivity index (χ3v) is 4.45. The van der Waals surface area contributed by atoms with Gasteiger partial charge in [0.25, 0.3) is 0 Å². The van der Waals surface area contributed by atoms with Gasteiger partial charge in [-0.2, -0.15) is 0 Å². The Bertz CT molecular complexity index is 377. The van der Waals surface area contributed by atoms with Gasteiger partial charge in [-0.05, 0) is 37.7 Å². The number of benzene rings is 1. The summed E-state index contributed by atoms with van der Waals surface area (Å²) in [6.45, 7) is 2.24. The molecule has 0 spiro atoms. The quantitative estimate of drug-likeness (QED) is 0.768. The van der Waals surface area contributed by atoms with Gasteiger partial charge in [-0.15, -0.1) is 0 Å². The fourth-order valence-electron chi connectivity index (χ4n) is 2.91. The zero-order valence-corrected chi connectivity index (χ0v) is 11.2. The Labute approximate surface area is 109 Å². The van der Waals surface area contributed by atoms with Crippen LogP contribution in [0.15, 0.2) is 24.3 Å². The van der Waals surface area contributed by atoms with Crippen molar-refractivity contribution in [1.82, 2.24) is 0 Å². The first-order valence-electron chi connectivity index (χ1n) is 6.63. The SMILES string of the molecule is CCC1CCCC(O)(c2ccccc2Cl)CC1. The molecule has 1 aliphatic rings. The van der Waals surface area contributed by atoms with Crippen LogP contribution in [0.2, 0.25) is 5.02 Å². The highest BCUT2D eigenvalue weighted by Crippen LogP contribution is 2.40. The largest absolute Gasteiger partial charge is 0.385 e. The van der Waals surface area contributed by atoms with Gasteiger partial charge in [-0.25, -0.2) is 0 Å². The molecule has 1 aromatic rings. The van der Waals surface area contributed by atoms with Crippen molar-refractivity contribution in [1.29, 1.82) is 0 Å². The first-order chi connectivity index (χ1) is 8.15. The molecule has 0 heterocycles. The number of halogens is 1. The number of aliphatic hydroxyl groups is 1. The Morgan fingerprint density at radius 1 is 1.29 bits per heavy atom. The van der Waals surface area contributed by atoms with Gasteiger partial charge < -0.3 is 5.11 Å². The lowest BCUT2D eigenvalue weighted by atomic mass is 9.86. The van der Waals surface area contributed by atoms with Crippen molar-refractivity contribution in [2.24, 2.45) is 5.92 Å². The zero-order valence-electron chi connectivity index (χ0n) is 10.5. The van der Waals surface area contributed by atoms with Crippen LogP contribution in [0.25, 0.3) is 0 Å². The first kappa shape index (κ1) is 12.9. The molecule has 0 amide bonds. The van der Waals surface area contributed by atoms with Crippen molar-refractivity contribution in [3.63, 3.8) is 0 Å². The third-order valence-electron chi connectivity index (χ3n) is 4.12. The zero-order chi connectivity index (χ0) is 12.3. The Kier molecular flexibility index (Phi) is 4.11. The molecule has 0 radical (unpaired) electrons. The summed E-state index contributed by atoms with van der Waals surface area (Å²) >= 11 is 6.21. The van der Waals surface area contributed by atoms with Crippen LogP contribution in [0.4, 0.5) is 0 Å². The van der Waals surface area contributed by atoms with Crippen molar-refractivity contribution in [3.05, 3.63) is 34.9 Å². The van der Waals surface area contributed by atoms with Gasteiger partial charge in [0, 0.05) is 10.6 Å². The first-order valence-corrected chi connectivity index (χ1v) is 7.01. The Morgan fingerprint density at radius 2 is 2.06 bits per heavy atom. The van der Waals surface area contributed by atoms with Gasteiger partial charge in [0.1, 0.15) is 0 Å². The van der Waals surface area contributed by atoms with E-state index in [4.69, 9.17) is 11.6 Å². The summed E-state index contributed by atoms with van der Waals surface area (Å²) in [6, 6.07) is 7.72. The van der Waals surface area contributed by atoms with E-state index in [9.17, 15) is 5.11 Å². The minimum absolute atomic E-state index is 0.699. The van der Waals surface area contributed by atoms with Crippen LogP contribution in [0.5, 0.6) is 0 Å². The Morgan fingerprint density at radius 3 is 2.76 bits per heavy atom. The number of hydrogen-bond donors (Lipinski definition) is 1. The summed E-state index contributed by atoms with van der Waals surface area (Å²) in [5.74, 6) is 0.770. The van der Waals surface area contributed by atoms with E-state index in [0.717, 1.165) is 37.2 Å². The van der Waals surface area contributed by atoms with Crippen molar-refractivity contribution in [2.75, 3.05) is 0 Å². The molecule has 1 fully saturated rings. The van der Waals surface area contributed by atoms with Gasteiger partial charge in [0.2, 0.25) is 0 Å². The second-order valence-electron chi connectivity index (χ2n) is 5.22. The molecule has 0 aromatic heterocycles. The summed E-state index contributed by atoms with van der Waals surface area (Å²) < 4.78 is 0. The van der Waals surface area contributed by atoms with Crippen molar-refractivity contribution in [3.8, 4) is 0 Å². The number of hydrogen-bond acceptors (Lipinski definition) is 1. The molecule has 0 bridgehead atoms. The maximum atomic E-state index is 10.8. The van der Waals surface area contributed by atoms with E-state index >= 15 is 0 Å². The Balaban J connectivity index is 2.21. The van der Waals surface area contributed by atoms with Crippen molar-refractivity contribution >= 4 is 11.6 Å². The van der Waals surface area contributed by atoms with Crippen LogP contribution < -0.4 is 0 Å². The van der Waals surface area contributed by atoms with Gasteiger partial charge in [0.15, 0.2) is 0 Å². The minimum atomic E-state index is -0.706. The summed E-state index contributed by atoms with van der Waals surface area (Å²) in [7, 11) is 0. The molecule has 2 unspecified atom stereocenters. The van der Waals surface area contributed by atoms with Gasteiger partial charge in [-0.3, -0.25) is 0 Å². The van der Waals surface area contributed by atoms with Crippen LogP contribution in [0, 0.1) is 5.92 Å².